The van der Waals surface area contributed by atoms with Gasteiger partial charge in [-0.1, -0.05) is 29.8 Å². The van der Waals surface area contributed by atoms with Gasteiger partial charge in [0.05, 0.1) is 18.6 Å². The SMILES string of the molecule is COCCN1C(=O)CC[C@@H](C(=O)N2CCN(C)CC2)[C@@H]1c1ccccc1Cl.O=CO. The van der Waals surface area contributed by atoms with Gasteiger partial charge in [-0.05, 0) is 25.1 Å². The number of hydrogen-bond acceptors (Lipinski definition) is 5. The Balaban J connectivity index is 0.00000101. The van der Waals surface area contributed by atoms with Crippen molar-refractivity contribution in [1.29, 1.82) is 0 Å². The van der Waals surface area contributed by atoms with E-state index in [-0.39, 0.29) is 30.2 Å². The van der Waals surface area contributed by atoms with E-state index in [1.165, 1.54) is 0 Å². The molecule has 8 nitrogen and oxygen atoms in total. The molecule has 166 valence electrons. The molecule has 0 saturated carbocycles. The largest absolute Gasteiger partial charge is 0.483 e. The zero-order valence-electron chi connectivity index (χ0n) is 17.5. The number of carbonyl (C=O) groups excluding carboxylic acids is 2. The summed E-state index contributed by atoms with van der Waals surface area (Å²) >= 11 is 6.48. The molecular formula is C21H30ClN3O5. The zero-order chi connectivity index (χ0) is 22.1. The molecule has 0 bridgehead atoms. The van der Waals surface area contributed by atoms with Gasteiger partial charge >= 0.3 is 0 Å². The number of piperazine rings is 1. The van der Waals surface area contributed by atoms with Crippen molar-refractivity contribution < 1.29 is 24.2 Å². The average Bonchev–Trinajstić information content (AvgIpc) is 2.74. The number of amides is 2. The summed E-state index contributed by atoms with van der Waals surface area (Å²) in [5, 5.41) is 7.48. The molecule has 2 atom stereocenters. The first kappa shape index (κ1) is 24.1. The number of carboxylic acid groups (broad SMARTS) is 1. The highest BCUT2D eigenvalue weighted by atomic mass is 35.5. The number of ether oxygens (including phenoxy) is 1. The summed E-state index contributed by atoms with van der Waals surface area (Å²) in [4.78, 5) is 40.4. The minimum absolute atomic E-state index is 0.0550. The van der Waals surface area contributed by atoms with E-state index in [2.05, 4.69) is 11.9 Å². The topological polar surface area (TPSA) is 90.4 Å². The number of rotatable bonds is 5. The van der Waals surface area contributed by atoms with Crippen molar-refractivity contribution in [3.8, 4) is 0 Å². The number of piperidine rings is 1. The van der Waals surface area contributed by atoms with E-state index in [0.717, 1.165) is 31.7 Å². The summed E-state index contributed by atoms with van der Waals surface area (Å²) in [6.45, 7) is 3.85. The van der Waals surface area contributed by atoms with E-state index < -0.39 is 0 Å². The Kier molecular flexibility index (Phi) is 9.55. The average molecular weight is 440 g/mol. The van der Waals surface area contributed by atoms with Gasteiger partial charge in [0.2, 0.25) is 11.8 Å². The van der Waals surface area contributed by atoms with Crippen molar-refractivity contribution >= 4 is 29.9 Å². The maximum Gasteiger partial charge on any atom is 0.290 e. The molecule has 0 aromatic heterocycles. The van der Waals surface area contributed by atoms with Gasteiger partial charge in [0.15, 0.2) is 0 Å². The smallest absolute Gasteiger partial charge is 0.290 e. The van der Waals surface area contributed by atoms with Gasteiger partial charge in [0.25, 0.3) is 6.47 Å². The molecule has 2 fully saturated rings. The van der Waals surface area contributed by atoms with Crippen molar-refractivity contribution in [3.63, 3.8) is 0 Å². The molecule has 0 aliphatic carbocycles. The van der Waals surface area contributed by atoms with Gasteiger partial charge in [-0.15, -0.1) is 0 Å². The summed E-state index contributed by atoms with van der Waals surface area (Å²) in [6, 6.07) is 7.18. The van der Waals surface area contributed by atoms with Crippen LogP contribution in [0.2, 0.25) is 5.02 Å². The Morgan fingerprint density at radius 3 is 2.50 bits per heavy atom. The van der Waals surface area contributed by atoms with Crippen molar-refractivity contribution in [2.45, 2.75) is 18.9 Å². The molecule has 2 saturated heterocycles. The Morgan fingerprint density at radius 1 is 1.27 bits per heavy atom. The normalized spacial score (nSPS) is 22.3. The predicted molar refractivity (Wildman–Crippen MR) is 113 cm³/mol. The van der Waals surface area contributed by atoms with Gasteiger partial charge in [0.1, 0.15) is 0 Å². The molecule has 1 aromatic carbocycles. The van der Waals surface area contributed by atoms with Gasteiger partial charge in [-0.25, -0.2) is 0 Å². The lowest BCUT2D eigenvalue weighted by Gasteiger charge is -2.43. The minimum atomic E-state index is -0.345. The lowest BCUT2D eigenvalue weighted by molar-refractivity contribution is -0.149. The van der Waals surface area contributed by atoms with E-state index in [1.54, 1.807) is 12.0 Å². The van der Waals surface area contributed by atoms with E-state index in [0.29, 0.717) is 31.0 Å². The molecule has 1 N–H and O–H groups in total. The summed E-state index contributed by atoms with van der Waals surface area (Å²) in [5.74, 6) is -0.0924. The van der Waals surface area contributed by atoms with E-state index in [4.69, 9.17) is 26.2 Å². The first-order valence-corrected chi connectivity index (χ1v) is 10.4. The number of hydrogen-bond donors (Lipinski definition) is 1. The fraction of sp³-hybridized carbons (Fsp3) is 0.571. The third-order valence-electron chi connectivity index (χ3n) is 5.60. The summed E-state index contributed by atoms with van der Waals surface area (Å²) in [6.07, 6.45) is 0.943. The van der Waals surface area contributed by atoms with Crippen LogP contribution < -0.4 is 0 Å². The van der Waals surface area contributed by atoms with Crippen LogP contribution in [0.25, 0.3) is 0 Å². The number of halogens is 1. The van der Waals surface area contributed by atoms with Gasteiger partial charge in [0, 0.05) is 51.3 Å². The summed E-state index contributed by atoms with van der Waals surface area (Å²) < 4.78 is 5.20. The molecule has 3 rings (SSSR count). The van der Waals surface area contributed by atoms with Gasteiger partial charge in [-0.2, -0.15) is 0 Å². The molecule has 2 heterocycles. The van der Waals surface area contributed by atoms with Crippen LogP contribution in [0.4, 0.5) is 0 Å². The quantitative estimate of drug-likeness (QED) is 0.703. The number of benzene rings is 1. The number of likely N-dealkylation sites (tertiary alicyclic amines) is 1. The molecule has 30 heavy (non-hydrogen) atoms. The molecule has 2 aliphatic rings. The van der Waals surface area contributed by atoms with Crippen molar-refractivity contribution in [2.75, 3.05) is 53.5 Å². The molecule has 9 heteroatoms. The standard InChI is InChI=1S/C20H28ClN3O3.CH2O2/c1-22-9-11-23(12-10-22)20(26)16-7-8-18(25)24(13-14-27-2)19(16)15-5-3-4-6-17(15)21;2-1-3/h3-6,16,19H,7-14H2,1-2H3;1H,(H,2,3)/t16-,19+;/m1./s1. The fourth-order valence-electron chi connectivity index (χ4n) is 4.03. The maximum atomic E-state index is 13.4. The monoisotopic (exact) mass is 439 g/mol. The molecule has 0 spiro atoms. The molecule has 2 amide bonds. The van der Waals surface area contributed by atoms with Crippen LogP contribution in [0, 0.1) is 5.92 Å². The van der Waals surface area contributed by atoms with Crippen LogP contribution in [-0.2, 0) is 19.1 Å². The highest BCUT2D eigenvalue weighted by Crippen LogP contribution is 2.40. The molecular weight excluding hydrogens is 410 g/mol. The number of carbonyl (C=O) groups is 3. The highest BCUT2D eigenvalue weighted by molar-refractivity contribution is 6.31. The lowest BCUT2D eigenvalue weighted by Crippen LogP contribution is -2.53. The number of methoxy groups -OCH3 is 1. The molecule has 2 aliphatic heterocycles. The van der Waals surface area contributed by atoms with E-state index in [9.17, 15) is 9.59 Å². The molecule has 0 unspecified atom stereocenters. The Bertz CT molecular complexity index is 724. The Labute approximate surface area is 182 Å². The third kappa shape index (κ3) is 5.93. The first-order chi connectivity index (χ1) is 14.4. The van der Waals surface area contributed by atoms with Crippen LogP contribution in [0.3, 0.4) is 0 Å². The fourth-order valence-corrected chi connectivity index (χ4v) is 4.27. The van der Waals surface area contributed by atoms with Crippen LogP contribution in [0.5, 0.6) is 0 Å². The van der Waals surface area contributed by atoms with Gasteiger partial charge in [-0.3, -0.25) is 14.4 Å². The number of nitrogens with zero attached hydrogens (tertiary/aromatic N) is 3. The second-order valence-electron chi connectivity index (χ2n) is 7.43. The highest BCUT2D eigenvalue weighted by Gasteiger charge is 2.42. The van der Waals surface area contributed by atoms with Crippen molar-refractivity contribution in [1.82, 2.24) is 14.7 Å². The van der Waals surface area contributed by atoms with Crippen LogP contribution in [0.15, 0.2) is 24.3 Å². The second kappa shape index (κ2) is 11.9. The van der Waals surface area contributed by atoms with Crippen LogP contribution in [-0.4, -0.2) is 91.6 Å². The summed E-state index contributed by atoms with van der Waals surface area (Å²) in [7, 11) is 3.69. The van der Waals surface area contributed by atoms with Crippen molar-refractivity contribution in [3.05, 3.63) is 34.9 Å². The number of likely N-dealkylation sites (N-methyl/N-ethyl adjacent to an activating group) is 1. The summed E-state index contributed by atoms with van der Waals surface area (Å²) in [5.41, 5.74) is 0.843. The zero-order valence-corrected chi connectivity index (χ0v) is 18.3. The second-order valence-corrected chi connectivity index (χ2v) is 7.83. The molecule has 0 radical (unpaired) electrons. The van der Waals surface area contributed by atoms with Gasteiger partial charge < -0.3 is 24.5 Å². The van der Waals surface area contributed by atoms with Crippen LogP contribution in [0.1, 0.15) is 24.4 Å². The Hall–Kier alpha value is -2.16. The first-order valence-electron chi connectivity index (χ1n) is 10.0. The van der Waals surface area contributed by atoms with Crippen molar-refractivity contribution in [2.24, 2.45) is 5.92 Å². The Morgan fingerprint density at radius 2 is 1.90 bits per heavy atom. The van der Waals surface area contributed by atoms with E-state index in [1.807, 2.05) is 29.2 Å². The van der Waals surface area contributed by atoms with Crippen LogP contribution >= 0.6 is 11.6 Å². The predicted octanol–water partition coefficient (Wildman–Crippen LogP) is 1.74. The minimum Gasteiger partial charge on any atom is -0.483 e. The van der Waals surface area contributed by atoms with E-state index >= 15 is 0 Å². The lowest BCUT2D eigenvalue weighted by atomic mass is 9.83. The third-order valence-corrected chi connectivity index (χ3v) is 5.94. The molecule has 1 aromatic rings. The maximum absolute atomic E-state index is 13.4.